The summed E-state index contributed by atoms with van der Waals surface area (Å²) in [6, 6.07) is 13.8. The predicted octanol–water partition coefficient (Wildman–Crippen LogP) is 4.83. The second-order valence-corrected chi connectivity index (χ2v) is 6.96. The lowest BCUT2D eigenvalue weighted by Crippen LogP contribution is -2.33. The van der Waals surface area contributed by atoms with Crippen LogP contribution in [-0.4, -0.2) is 6.54 Å². The largest absolute Gasteiger partial charge is 0.309 e. The Morgan fingerprint density at radius 2 is 1.95 bits per heavy atom. The van der Waals surface area contributed by atoms with Crippen LogP contribution >= 0.6 is 11.3 Å². The van der Waals surface area contributed by atoms with E-state index in [1.165, 1.54) is 35.3 Å². The summed E-state index contributed by atoms with van der Waals surface area (Å²) in [5.74, 6) is 0. The molecule has 1 atom stereocenters. The summed E-state index contributed by atoms with van der Waals surface area (Å²) in [5, 5.41) is 6.05. The Labute approximate surface area is 126 Å². The molecule has 0 bridgehead atoms. The normalized spacial score (nSPS) is 17.9. The minimum absolute atomic E-state index is 0.322. The molecule has 1 unspecified atom stereocenters. The summed E-state index contributed by atoms with van der Waals surface area (Å²) < 4.78 is 0. The molecule has 1 aromatic carbocycles. The first-order valence-electron chi connectivity index (χ1n) is 7.61. The number of rotatable bonds is 6. The van der Waals surface area contributed by atoms with E-state index in [1.807, 2.05) is 11.3 Å². The molecule has 0 radical (unpaired) electrons. The van der Waals surface area contributed by atoms with Gasteiger partial charge < -0.3 is 5.32 Å². The average molecular weight is 285 g/mol. The van der Waals surface area contributed by atoms with Gasteiger partial charge in [0.15, 0.2) is 0 Å². The van der Waals surface area contributed by atoms with Gasteiger partial charge in [-0.05, 0) is 55.3 Å². The highest BCUT2D eigenvalue weighted by atomic mass is 32.1. The summed E-state index contributed by atoms with van der Waals surface area (Å²) in [4.78, 5) is 1.46. The van der Waals surface area contributed by atoms with Gasteiger partial charge in [-0.1, -0.05) is 37.3 Å². The van der Waals surface area contributed by atoms with Crippen molar-refractivity contribution < 1.29 is 0 Å². The van der Waals surface area contributed by atoms with E-state index in [0.717, 1.165) is 6.54 Å². The van der Waals surface area contributed by atoms with Gasteiger partial charge in [-0.25, -0.2) is 0 Å². The Bertz CT molecular complexity index is 554. The molecule has 0 amide bonds. The van der Waals surface area contributed by atoms with E-state index in [2.05, 4.69) is 60.9 Å². The van der Waals surface area contributed by atoms with E-state index >= 15 is 0 Å². The van der Waals surface area contributed by atoms with Crippen LogP contribution in [0.4, 0.5) is 0 Å². The molecule has 1 aliphatic carbocycles. The molecule has 1 heterocycles. The molecule has 1 nitrogen and oxygen atoms in total. The third-order valence-electron chi connectivity index (χ3n) is 4.50. The highest BCUT2D eigenvalue weighted by Crippen LogP contribution is 2.57. The van der Waals surface area contributed by atoms with Crippen LogP contribution in [0.15, 0.2) is 41.8 Å². The van der Waals surface area contributed by atoms with Gasteiger partial charge in [0.25, 0.3) is 0 Å². The number of thiophene rings is 1. The maximum absolute atomic E-state index is 3.82. The van der Waals surface area contributed by atoms with Crippen molar-refractivity contribution in [2.45, 2.75) is 44.6 Å². The molecule has 20 heavy (non-hydrogen) atoms. The lowest BCUT2D eigenvalue weighted by Gasteiger charge is -2.29. The second kappa shape index (κ2) is 5.71. The monoisotopic (exact) mass is 285 g/mol. The molecule has 0 aliphatic heterocycles. The zero-order valence-corrected chi connectivity index (χ0v) is 13.2. The van der Waals surface area contributed by atoms with Crippen LogP contribution in [0.2, 0.25) is 0 Å². The summed E-state index contributed by atoms with van der Waals surface area (Å²) in [7, 11) is 0. The third kappa shape index (κ3) is 2.43. The van der Waals surface area contributed by atoms with Crippen molar-refractivity contribution in [1.82, 2.24) is 5.32 Å². The molecule has 1 aromatic heterocycles. The van der Waals surface area contributed by atoms with E-state index in [-0.39, 0.29) is 0 Å². The summed E-state index contributed by atoms with van der Waals surface area (Å²) in [6.45, 7) is 5.59. The first-order valence-corrected chi connectivity index (χ1v) is 8.49. The summed E-state index contributed by atoms with van der Waals surface area (Å²) in [6.07, 6.45) is 3.78. The first-order chi connectivity index (χ1) is 9.78. The predicted molar refractivity (Wildman–Crippen MR) is 87.4 cm³/mol. The van der Waals surface area contributed by atoms with Gasteiger partial charge in [0.2, 0.25) is 0 Å². The Morgan fingerprint density at radius 1 is 1.20 bits per heavy atom. The lowest BCUT2D eigenvalue weighted by atomic mass is 9.84. The molecule has 106 valence electrons. The van der Waals surface area contributed by atoms with Gasteiger partial charge in [-0.2, -0.15) is 0 Å². The van der Waals surface area contributed by atoms with Crippen molar-refractivity contribution in [3.05, 3.63) is 57.8 Å². The summed E-state index contributed by atoms with van der Waals surface area (Å²) >= 11 is 1.87. The molecule has 1 fully saturated rings. The number of aryl methyl sites for hydroxylation is 1. The number of hydrogen-bond acceptors (Lipinski definition) is 2. The van der Waals surface area contributed by atoms with Crippen molar-refractivity contribution in [2.24, 2.45) is 0 Å². The SMILES string of the molecule is CCCNC(c1ccsc1C)C1(c2ccccc2)CC1. The van der Waals surface area contributed by atoms with E-state index in [9.17, 15) is 0 Å². The second-order valence-electron chi connectivity index (χ2n) is 5.84. The molecule has 2 heteroatoms. The van der Waals surface area contributed by atoms with Crippen molar-refractivity contribution in [3.8, 4) is 0 Å². The van der Waals surface area contributed by atoms with Crippen molar-refractivity contribution >= 4 is 11.3 Å². The fourth-order valence-corrected chi connectivity index (χ4v) is 3.98. The van der Waals surface area contributed by atoms with Crippen molar-refractivity contribution in [1.29, 1.82) is 0 Å². The van der Waals surface area contributed by atoms with Gasteiger partial charge in [0, 0.05) is 16.3 Å². The van der Waals surface area contributed by atoms with E-state index in [0.29, 0.717) is 11.5 Å². The van der Waals surface area contributed by atoms with Crippen molar-refractivity contribution in [2.75, 3.05) is 6.54 Å². The van der Waals surface area contributed by atoms with Crippen LogP contribution in [0, 0.1) is 6.92 Å². The smallest absolute Gasteiger partial charge is 0.0429 e. The fraction of sp³-hybridized carbons (Fsp3) is 0.444. The number of nitrogens with one attached hydrogen (secondary N) is 1. The molecule has 1 N–H and O–H groups in total. The topological polar surface area (TPSA) is 12.0 Å². The van der Waals surface area contributed by atoms with E-state index < -0.39 is 0 Å². The zero-order valence-electron chi connectivity index (χ0n) is 12.4. The van der Waals surface area contributed by atoms with Gasteiger partial charge in [0.1, 0.15) is 0 Å². The van der Waals surface area contributed by atoms with E-state index in [4.69, 9.17) is 0 Å². The fourth-order valence-electron chi connectivity index (χ4n) is 3.23. The third-order valence-corrected chi connectivity index (χ3v) is 5.36. The van der Waals surface area contributed by atoms with Crippen LogP contribution in [0.1, 0.15) is 48.2 Å². The molecule has 1 saturated carbocycles. The summed E-state index contributed by atoms with van der Waals surface area (Å²) in [5.41, 5.74) is 3.33. The average Bonchev–Trinajstić information content (AvgIpc) is 3.18. The standard InChI is InChI=1S/C18H23NS/c1-3-12-19-17(16-9-13-20-14(16)2)18(10-11-18)15-7-5-4-6-8-15/h4-9,13,17,19H,3,10-12H2,1-2H3. The minimum Gasteiger partial charge on any atom is -0.309 e. The minimum atomic E-state index is 0.322. The highest BCUT2D eigenvalue weighted by Gasteiger charge is 2.51. The van der Waals surface area contributed by atoms with Gasteiger partial charge in [-0.3, -0.25) is 0 Å². The highest BCUT2D eigenvalue weighted by molar-refractivity contribution is 7.10. The van der Waals surface area contributed by atoms with Crippen LogP contribution in [0.3, 0.4) is 0 Å². The van der Waals surface area contributed by atoms with Crippen LogP contribution in [-0.2, 0) is 5.41 Å². The number of hydrogen-bond donors (Lipinski definition) is 1. The molecule has 0 saturated heterocycles. The molecule has 0 spiro atoms. The quantitative estimate of drug-likeness (QED) is 0.801. The van der Waals surface area contributed by atoms with Gasteiger partial charge in [-0.15, -0.1) is 11.3 Å². The Kier molecular flexibility index (Phi) is 3.95. The first kappa shape index (κ1) is 13.8. The van der Waals surface area contributed by atoms with Crippen LogP contribution in [0.5, 0.6) is 0 Å². The van der Waals surface area contributed by atoms with Gasteiger partial charge >= 0.3 is 0 Å². The Hall–Kier alpha value is -1.12. The van der Waals surface area contributed by atoms with Crippen molar-refractivity contribution in [3.63, 3.8) is 0 Å². The molecule has 1 aliphatic rings. The number of benzene rings is 1. The maximum atomic E-state index is 3.82. The molecular weight excluding hydrogens is 262 g/mol. The molecule has 2 aromatic rings. The lowest BCUT2D eigenvalue weighted by molar-refractivity contribution is 0.429. The zero-order chi connectivity index (χ0) is 14.0. The molecular formula is C18H23NS. The van der Waals surface area contributed by atoms with Crippen LogP contribution < -0.4 is 5.32 Å². The van der Waals surface area contributed by atoms with Gasteiger partial charge in [0.05, 0.1) is 0 Å². The van der Waals surface area contributed by atoms with Crippen LogP contribution in [0.25, 0.3) is 0 Å². The Morgan fingerprint density at radius 3 is 2.50 bits per heavy atom. The molecule has 3 rings (SSSR count). The Balaban J connectivity index is 1.96. The van der Waals surface area contributed by atoms with E-state index in [1.54, 1.807) is 0 Å². The maximum Gasteiger partial charge on any atom is 0.0429 e.